The minimum atomic E-state index is -0.752. The number of nitrogens with one attached hydrogen (secondary N) is 2. The van der Waals surface area contributed by atoms with Crippen molar-refractivity contribution in [2.45, 2.75) is 23.8 Å². The molecule has 2 aromatic rings. The molecule has 4 N–H and O–H groups in total. The second kappa shape index (κ2) is 10.8. The van der Waals surface area contributed by atoms with Gasteiger partial charge in [0.05, 0.1) is 5.69 Å². The van der Waals surface area contributed by atoms with E-state index in [1.54, 1.807) is 11.8 Å². The first-order chi connectivity index (χ1) is 14.6. The van der Waals surface area contributed by atoms with Crippen LogP contribution >= 0.6 is 11.8 Å². The fourth-order valence-electron chi connectivity index (χ4n) is 3.25. The van der Waals surface area contributed by atoms with E-state index in [4.69, 9.17) is 5.73 Å². The van der Waals surface area contributed by atoms with Gasteiger partial charge in [0.15, 0.2) is 0 Å². The number of rotatable bonds is 8. The lowest BCUT2D eigenvalue weighted by atomic mass is 10.1. The summed E-state index contributed by atoms with van der Waals surface area (Å²) >= 11 is 1.60. The van der Waals surface area contributed by atoms with E-state index in [0.717, 1.165) is 16.1 Å². The second-order valence-corrected chi connectivity index (χ2v) is 8.07. The van der Waals surface area contributed by atoms with Gasteiger partial charge in [-0.3, -0.25) is 14.4 Å². The Morgan fingerprint density at radius 1 is 1.10 bits per heavy atom. The highest BCUT2D eigenvalue weighted by atomic mass is 32.2. The molecule has 0 aliphatic carbocycles. The molecule has 2 aromatic carbocycles. The Labute approximate surface area is 180 Å². The lowest BCUT2D eigenvalue weighted by Crippen LogP contribution is -2.51. The van der Waals surface area contributed by atoms with E-state index >= 15 is 0 Å². The predicted molar refractivity (Wildman–Crippen MR) is 118 cm³/mol. The van der Waals surface area contributed by atoms with Gasteiger partial charge in [0.1, 0.15) is 12.6 Å². The molecule has 0 aromatic heterocycles. The molecule has 7 nitrogen and oxygen atoms in total. The maximum atomic E-state index is 12.8. The molecular formula is C22H26N4O3S. The van der Waals surface area contributed by atoms with Crippen molar-refractivity contribution in [3.63, 3.8) is 0 Å². The van der Waals surface area contributed by atoms with E-state index in [2.05, 4.69) is 10.6 Å². The summed E-state index contributed by atoms with van der Waals surface area (Å²) < 4.78 is 0. The summed E-state index contributed by atoms with van der Waals surface area (Å²) in [6.45, 7) is 0.509. The highest BCUT2D eigenvalue weighted by Gasteiger charge is 2.27. The lowest BCUT2D eigenvalue weighted by Gasteiger charge is -2.24. The second-order valence-electron chi connectivity index (χ2n) is 6.94. The van der Waals surface area contributed by atoms with Crippen LogP contribution in [0.2, 0.25) is 0 Å². The maximum absolute atomic E-state index is 12.8. The van der Waals surface area contributed by atoms with Crippen molar-refractivity contribution in [2.24, 2.45) is 5.73 Å². The Bertz CT molecular complexity index is 891. The third kappa shape index (κ3) is 5.84. The zero-order valence-electron chi connectivity index (χ0n) is 16.7. The first-order valence-electron chi connectivity index (χ1n) is 9.91. The molecular weight excluding hydrogens is 400 g/mol. The van der Waals surface area contributed by atoms with Crippen molar-refractivity contribution in [3.8, 4) is 0 Å². The number of nitrogens with two attached hydrogens (primary N) is 1. The molecule has 158 valence electrons. The number of para-hydroxylation sites is 1. The highest BCUT2D eigenvalue weighted by Crippen LogP contribution is 2.33. The van der Waals surface area contributed by atoms with Crippen LogP contribution in [0, 0.1) is 0 Å². The number of nitrogens with zero attached hydrogens (tertiary/aromatic N) is 1. The molecule has 0 saturated heterocycles. The van der Waals surface area contributed by atoms with E-state index < -0.39 is 6.04 Å². The van der Waals surface area contributed by atoms with Crippen LogP contribution in [0.3, 0.4) is 0 Å². The number of benzene rings is 2. The smallest absolute Gasteiger partial charge is 0.242 e. The molecule has 0 spiro atoms. The average Bonchev–Trinajstić information content (AvgIpc) is 2.91. The van der Waals surface area contributed by atoms with Crippen molar-refractivity contribution in [2.75, 3.05) is 30.3 Å². The average molecular weight is 427 g/mol. The van der Waals surface area contributed by atoms with Gasteiger partial charge in [-0.05, 0) is 17.7 Å². The van der Waals surface area contributed by atoms with Crippen LogP contribution in [0.25, 0.3) is 0 Å². The number of amides is 3. The summed E-state index contributed by atoms with van der Waals surface area (Å²) in [6.07, 6.45) is 0.709. The summed E-state index contributed by atoms with van der Waals surface area (Å²) in [7, 11) is 0. The third-order valence-electron chi connectivity index (χ3n) is 4.71. The fourth-order valence-corrected chi connectivity index (χ4v) is 4.25. The number of thioether (sulfide) groups is 1. The van der Waals surface area contributed by atoms with Crippen LogP contribution in [-0.4, -0.2) is 49.2 Å². The standard InChI is InChI=1S/C22H26N4O3S/c23-11-12-24-22(29)17(14-16-6-2-1-3-7-16)25-20(27)15-26-18-8-4-5-9-19(18)30-13-10-21(26)28/h1-9,17H,10-15,23H2,(H,24,29)(H,25,27)/t17-/m0/s1. The van der Waals surface area contributed by atoms with Crippen molar-refractivity contribution in [1.82, 2.24) is 10.6 Å². The molecule has 1 heterocycles. The zero-order valence-corrected chi connectivity index (χ0v) is 17.5. The SMILES string of the molecule is NCCNC(=O)[C@H](Cc1ccccc1)NC(=O)CN1C(=O)CCSc2ccccc21. The summed E-state index contributed by atoms with van der Waals surface area (Å²) in [5, 5.41) is 5.53. The Morgan fingerprint density at radius 3 is 2.60 bits per heavy atom. The van der Waals surface area contributed by atoms with Gasteiger partial charge in [-0.15, -0.1) is 11.8 Å². The molecule has 0 bridgehead atoms. The molecule has 8 heteroatoms. The van der Waals surface area contributed by atoms with Crippen LogP contribution in [-0.2, 0) is 20.8 Å². The predicted octanol–water partition coefficient (Wildman–Crippen LogP) is 1.32. The first-order valence-corrected chi connectivity index (χ1v) is 10.9. The van der Waals surface area contributed by atoms with Gasteiger partial charge in [-0.25, -0.2) is 0 Å². The minimum absolute atomic E-state index is 0.102. The molecule has 0 radical (unpaired) electrons. The largest absolute Gasteiger partial charge is 0.353 e. The van der Waals surface area contributed by atoms with Crippen molar-refractivity contribution in [3.05, 3.63) is 60.2 Å². The summed E-state index contributed by atoms with van der Waals surface area (Å²) in [6, 6.07) is 16.3. The van der Waals surface area contributed by atoms with E-state index in [1.165, 1.54) is 4.90 Å². The molecule has 0 unspecified atom stereocenters. The molecule has 30 heavy (non-hydrogen) atoms. The Morgan fingerprint density at radius 2 is 1.83 bits per heavy atom. The Kier molecular flexibility index (Phi) is 7.87. The lowest BCUT2D eigenvalue weighted by molar-refractivity contribution is -0.128. The third-order valence-corrected chi connectivity index (χ3v) is 5.77. The number of hydrogen-bond donors (Lipinski definition) is 3. The van der Waals surface area contributed by atoms with Crippen LogP contribution in [0.4, 0.5) is 5.69 Å². The van der Waals surface area contributed by atoms with E-state index in [1.807, 2.05) is 54.6 Å². The quantitative estimate of drug-likeness (QED) is 0.591. The topological polar surface area (TPSA) is 105 Å². The first kappa shape index (κ1) is 21.9. The van der Waals surface area contributed by atoms with Crippen molar-refractivity contribution < 1.29 is 14.4 Å². The van der Waals surface area contributed by atoms with Crippen molar-refractivity contribution in [1.29, 1.82) is 0 Å². The maximum Gasteiger partial charge on any atom is 0.242 e. The van der Waals surface area contributed by atoms with Crippen LogP contribution < -0.4 is 21.3 Å². The van der Waals surface area contributed by atoms with Gasteiger partial charge >= 0.3 is 0 Å². The van der Waals surface area contributed by atoms with Gasteiger partial charge in [-0.1, -0.05) is 42.5 Å². The van der Waals surface area contributed by atoms with Crippen LogP contribution in [0.15, 0.2) is 59.5 Å². The number of hydrogen-bond acceptors (Lipinski definition) is 5. The van der Waals surface area contributed by atoms with Gasteiger partial charge in [-0.2, -0.15) is 0 Å². The van der Waals surface area contributed by atoms with Gasteiger partial charge in [0, 0.05) is 36.6 Å². The number of anilines is 1. The normalized spacial score (nSPS) is 14.4. The van der Waals surface area contributed by atoms with E-state index in [0.29, 0.717) is 31.7 Å². The fraction of sp³-hybridized carbons (Fsp3) is 0.318. The summed E-state index contributed by atoms with van der Waals surface area (Å²) in [4.78, 5) is 40.5. The van der Waals surface area contributed by atoms with Crippen molar-refractivity contribution >= 4 is 35.2 Å². The highest BCUT2D eigenvalue weighted by molar-refractivity contribution is 7.99. The minimum Gasteiger partial charge on any atom is -0.353 e. The number of carbonyl (C=O) groups excluding carboxylic acids is 3. The molecule has 3 amide bonds. The zero-order chi connectivity index (χ0) is 21.3. The van der Waals surface area contributed by atoms with E-state index in [9.17, 15) is 14.4 Å². The molecule has 3 rings (SSSR count). The van der Waals surface area contributed by atoms with Crippen LogP contribution in [0.5, 0.6) is 0 Å². The molecule has 0 fully saturated rings. The Balaban J connectivity index is 1.73. The summed E-state index contributed by atoms with van der Waals surface area (Å²) in [5.74, 6) is -0.106. The van der Waals surface area contributed by atoms with E-state index in [-0.39, 0.29) is 24.3 Å². The summed E-state index contributed by atoms with van der Waals surface area (Å²) in [5.41, 5.74) is 7.14. The van der Waals surface area contributed by atoms with Gasteiger partial charge < -0.3 is 21.3 Å². The Hall–Kier alpha value is -2.84. The van der Waals surface area contributed by atoms with Crippen LogP contribution in [0.1, 0.15) is 12.0 Å². The molecule has 1 aliphatic heterocycles. The molecule has 1 aliphatic rings. The van der Waals surface area contributed by atoms with Gasteiger partial charge in [0.25, 0.3) is 0 Å². The monoisotopic (exact) mass is 426 g/mol. The molecule has 0 saturated carbocycles. The van der Waals surface area contributed by atoms with Gasteiger partial charge in [0.2, 0.25) is 17.7 Å². The number of fused-ring (bicyclic) bond motifs is 1. The number of carbonyl (C=O) groups is 3. The molecule has 1 atom stereocenters.